The third-order valence-electron chi connectivity index (χ3n) is 7.09. The van der Waals surface area contributed by atoms with Gasteiger partial charge in [-0.1, -0.05) is 67.0 Å². The van der Waals surface area contributed by atoms with Crippen LogP contribution in [-0.2, 0) is 26.2 Å². The Kier molecular flexibility index (Phi) is 14.7. The number of rotatable bonds is 16. The van der Waals surface area contributed by atoms with Crippen LogP contribution in [0.5, 0.6) is 5.75 Å². The molecule has 0 heterocycles. The average molecular weight is 533 g/mol. The standard InChI is InChI=1S/C31H52N2O5/c1-9-10-15-33-30(36)22(4)17-27(34)26(32)19-24(21(2)3)18-23-13-14-25(31(5,6)7)20-28(23)38-16-11-12-29(35)37-8/h11-14,20-22,24,26-27,34H,9-10,15-19,32H2,1-8H3,(H,33,36)/t22?,24-,26-,27-/m0/s1. The molecule has 0 aromatic heterocycles. The van der Waals surface area contributed by atoms with Crippen molar-refractivity contribution in [1.82, 2.24) is 5.32 Å². The summed E-state index contributed by atoms with van der Waals surface area (Å²) in [5.41, 5.74) is 8.66. The van der Waals surface area contributed by atoms with Gasteiger partial charge in [-0.2, -0.15) is 0 Å². The molecule has 1 aromatic carbocycles. The molecule has 4 atom stereocenters. The molecule has 0 spiro atoms. The summed E-state index contributed by atoms with van der Waals surface area (Å²) in [6, 6.07) is 5.89. The van der Waals surface area contributed by atoms with Crippen LogP contribution in [0.2, 0.25) is 0 Å². The molecule has 1 unspecified atom stereocenters. The van der Waals surface area contributed by atoms with E-state index in [-0.39, 0.29) is 29.8 Å². The number of methoxy groups -OCH3 is 1. The summed E-state index contributed by atoms with van der Waals surface area (Å²) in [7, 11) is 1.34. The van der Waals surface area contributed by atoms with Gasteiger partial charge in [0.15, 0.2) is 0 Å². The molecule has 0 aliphatic rings. The maximum Gasteiger partial charge on any atom is 0.330 e. The third kappa shape index (κ3) is 12.0. The van der Waals surface area contributed by atoms with Gasteiger partial charge in [-0.3, -0.25) is 4.79 Å². The molecule has 0 aliphatic heterocycles. The lowest BCUT2D eigenvalue weighted by atomic mass is 9.81. The highest BCUT2D eigenvalue weighted by Gasteiger charge is 2.27. The smallest absolute Gasteiger partial charge is 0.330 e. The predicted octanol–water partition coefficient (Wildman–Crippen LogP) is 4.93. The van der Waals surface area contributed by atoms with Gasteiger partial charge < -0.3 is 25.6 Å². The Morgan fingerprint density at radius 1 is 1.16 bits per heavy atom. The lowest BCUT2D eigenvalue weighted by Gasteiger charge is -2.29. The molecule has 216 valence electrons. The molecular formula is C31H52N2O5. The van der Waals surface area contributed by atoms with Gasteiger partial charge in [0.05, 0.1) is 13.2 Å². The number of ether oxygens (including phenoxy) is 2. The normalized spacial score (nSPS) is 15.2. The van der Waals surface area contributed by atoms with Crippen molar-refractivity contribution in [1.29, 1.82) is 0 Å². The number of hydrogen-bond acceptors (Lipinski definition) is 6. The van der Waals surface area contributed by atoms with E-state index in [4.69, 9.17) is 10.5 Å². The number of aliphatic hydroxyl groups excluding tert-OH is 1. The molecule has 1 amide bonds. The summed E-state index contributed by atoms with van der Waals surface area (Å²) >= 11 is 0. The highest BCUT2D eigenvalue weighted by atomic mass is 16.5. The van der Waals surface area contributed by atoms with Crippen LogP contribution in [0.15, 0.2) is 30.4 Å². The van der Waals surface area contributed by atoms with E-state index in [0.717, 1.165) is 36.1 Å². The zero-order valence-electron chi connectivity index (χ0n) is 24.9. The second kappa shape index (κ2) is 16.6. The minimum atomic E-state index is -0.759. The fourth-order valence-corrected chi connectivity index (χ4v) is 4.26. The molecule has 1 aromatic rings. The highest BCUT2D eigenvalue weighted by molar-refractivity contribution is 5.81. The van der Waals surface area contributed by atoms with Crippen LogP contribution < -0.4 is 15.8 Å². The summed E-state index contributed by atoms with van der Waals surface area (Å²) in [6.07, 6.45) is 5.92. The Bertz CT molecular complexity index is 891. The monoisotopic (exact) mass is 532 g/mol. The number of nitrogens with two attached hydrogens (primary N) is 1. The first kappa shape index (κ1) is 33.6. The lowest BCUT2D eigenvalue weighted by molar-refractivity contribution is -0.134. The number of hydrogen-bond donors (Lipinski definition) is 3. The lowest BCUT2D eigenvalue weighted by Crippen LogP contribution is -2.41. The molecule has 0 bridgehead atoms. The molecule has 7 nitrogen and oxygen atoms in total. The largest absolute Gasteiger partial charge is 0.489 e. The maximum atomic E-state index is 12.3. The Labute approximate surface area is 230 Å². The number of amides is 1. The average Bonchev–Trinajstić information content (AvgIpc) is 2.85. The first-order valence-electron chi connectivity index (χ1n) is 14.0. The van der Waals surface area contributed by atoms with Gasteiger partial charge in [0.1, 0.15) is 12.4 Å². The number of aliphatic hydroxyl groups is 1. The molecule has 0 saturated carbocycles. The fourth-order valence-electron chi connectivity index (χ4n) is 4.26. The van der Waals surface area contributed by atoms with Crippen molar-refractivity contribution < 1.29 is 24.2 Å². The quantitative estimate of drug-likeness (QED) is 0.158. The maximum absolute atomic E-state index is 12.3. The first-order chi connectivity index (χ1) is 17.8. The minimum Gasteiger partial charge on any atom is -0.489 e. The van der Waals surface area contributed by atoms with Crippen molar-refractivity contribution in [3.8, 4) is 5.75 Å². The van der Waals surface area contributed by atoms with Crippen molar-refractivity contribution in [2.24, 2.45) is 23.5 Å². The van der Waals surface area contributed by atoms with Gasteiger partial charge in [-0.15, -0.1) is 0 Å². The molecule has 1 rings (SSSR count). The van der Waals surface area contributed by atoms with Crippen molar-refractivity contribution >= 4 is 11.9 Å². The summed E-state index contributed by atoms with van der Waals surface area (Å²) in [5, 5.41) is 13.8. The predicted molar refractivity (Wildman–Crippen MR) is 154 cm³/mol. The summed E-state index contributed by atoms with van der Waals surface area (Å²) in [4.78, 5) is 23.7. The van der Waals surface area contributed by atoms with Gasteiger partial charge in [0, 0.05) is 24.6 Å². The van der Waals surface area contributed by atoms with Crippen molar-refractivity contribution in [3.05, 3.63) is 41.5 Å². The van der Waals surface area contributed by atoms with Gasteiger partial charge in [0.25, 0.3) is 0 Å². The Balaban J connectivity index is 2.96. The molecular weight excluding hydrogens is 480 g/mol. The van der Waals surface area contributed by atoms with Crippen molar-refractivity contribution in [3.63, 3.8) is 0 Å². The van der Waals surface area contributed by atoms with Crippen LogP contribution in [-0.4, -0.2) is 49.4 Å². The zero-order valence-corrected chi connectivity index (χ0v) is 24.9. The Morgan fingerprint density at radius 3 is 2.42 bits per heavy atom. The van der Waals surface area contributed by atoms with E-state index in [1.54, 1.807) is 6.08 Å². The fraction of sp³-hybridized carbons (Fsp3) is 0.677. The van der Waals surface area contributed by atoms with Gasteiger partial charge >= 0.3 is 5.97 Å². The van der Waals surface area contributed by atoms with Gasteiger partial charge in [-0.25, -0.2) is 4.79 Å². The number of nitrogens with one attached hydrogen (secondary N) is 1. The van der Waals surface area contributed by atoms with E-state index in [0.29, 0.717) is 25.3 Å². The first-order valence-corrected chi connectivity index (χ1v) is 14.0. The van der Waals surface area contributed by atoms with E-state index >= 15 is 0 Å². The number of benzene rings is 1. The van der Waals surface area contributed by atoms with Crippen LogP contribution in [0.4, 0.5) is 0 Å². The van der Waals surface area contributed by atoms with E-state index in [9.17, 15) is 14.7 Å². The second-order valence-corrected chi connectivity index (χ2v) is 11.8. The van der Waals surface area contributed by atoms with E-state index < -0.39 is 18.1 Å². The Hall–Kier alpha value is -2.38. The van der Waals surface area contributed by atoms with E-state index in [1.165, 1.54) is 13.2 Å². The van der Waals surface area contributed by atoms with E-state index in [2.05, 4.69) is 69.8 Å². The number of unbranched alkanes of at least 4 members (excludes halogenated alkanes) is 1. The number of carbonyl (C=O) groups is 2. The van der Waals surface area contributed by atoms with Crippen molar-refractivity contribution in [2.75, 3.05) is 20.3 Å². The van der Waals surface area contributed by atoms with Crippen LogP contribution >= 0.6 is 0 Å². The molecule has 0 aliphatic carbocycles. The molecule has 38 heavy (non-hydrogen) atoms. The van der Waals surface area contributed by atoms with Gasteiger partial charge in [0.2, 0.25) is 5.91 Å². The molecule has 0 saturated heterocycles. The topological polar surface area (TPSA) is 111 Å². The molecule has 4 N–H and O–H groups in total. The second-order valence-electron chi connectivity index (χ2n) is 11.8. The minimum absolute atomic E-state index is 0.0351. The van der Waals surface area contributed by atoms with Crippen LogP contribution in [0.1, 0.15) is 85.3 Å². The Morgan fingerprint density at radius 2 is 1.84 bits per heavy atom. The molecule has 7 heteroatoms. The van der Waals surface area contributed by atoms with Crippen LogP contribution in [0, 0.1) is 17.8 Å². The van der Waals surface area contributed by atoms with E-state index in [1.807, 2.05) is 6.92 Å². The molecule has 0 fully saturated rings. The number of carbonyl (C=O) groups excluding carboxylic acids is 2. The SMILES string of the molecule is CCCCNC(=O)C(C)C[C@H](O)[C@@H](N)C[C@H](Cc1ccc(C(C)(C)C)cc1OCC=CC(=O)OC)C(C)C. The zero-order chi connectivity index (χ0) is 28.9. The highest BCUT2D eigenvalue weighted by Crippen LogP contribution is 2.33. The summed E-state index contributed by atoms with van der Waals surface area (Å²) in [6.45, 7) is 15.6. The molecule has 0 radical (unpaired) electrons. The van der Waals surface area contributed by atoms with Gasteiger partial charge in [-0.05, 0) is 66.2 Å². The summed E-state index contributed by atoms with van der Waals surface area (Å²) < 4.78 is 10.7. The number of esters is 1. The van der Waals surface area contributed by atoms with Crippen molar-refractivity contribution in [2.45, 2.75) is 98.1 Å². The van der Waals surface area contributed by atoms with Crippen LogP contribution in [0.25, 0.3) is 0 Å². The third-order valence-corrected chi connectivity index (χ3v) is 7.09. The summed E-state index contributed by atoms with van der Waals surface area (Å²) in [5.74, 6) is 0.571. The van der Waals surface area contributed by atoms with Crippen LogP contribution in [0.3, 0.4) is 0 Å².